The summed E-state index contributed by atoms with van der Waals surface area (Å²) in [6.07, 6.45) is 6.94. The minimum absolute atomic E-state index is 0.205. The lowest BCUT2D eigenvalue weighted by atomic mass is 9.76. The standard InChI is InChI=1S/C17H22O/c1-12-5-4-7-14(11-12)17(18)16-10-9-13-6-2-3-8-15(13)16/h2-3,6,8,12,14,16H,4-5,7,9-11H2,1H3. The number of benzene rings is 1. The maximum Gasteiger partial charge on any atom is 0.143 e. The molecule has 2 aliphatic rings. The highest BCUT2D eigenvalue weighted by Gasteiger charge is 2.34. The second-order valence-electron chi connectivity index (χ2n) is 6.16. The van der Waals surface area contributed by atoms with Crippen molar-refractivity contribution in [2.75, 3.05) is 0 Å². The van der Waals surface area contributed by atoms with E-state index in [1.54, 1.807) is 0 Å². The molecular formula is C17H22O. The fourth-order valence-electron chi connectivity index (χ4n) is 3.83. The van der Waals surface area contributed by atoms with Gasteiger partial charge in [-0.25, -0.2) is 0 Å². The first-order valence-electron chi connectivity index (χ1n) is 7.37. The molecule has 3 rings (SSSR count). The Balaban J connectivity index is 1.78. The molecule has 1 aromatic rings. The van der Waals surface area contributed by atoms with Crippen molar-refractivity contribution in [1.82, 2.24) is 0 Å². The molecule has 0 aliphatic heterocycles. The van der Waals surface area contributed by atoms with Gasteiger partial charge in [0.2, 0.25) is 0 Å². The lowest BCUT2D eigenvalue weighted by Gasteiger charge is -2.27. The van der Waals surface area contributed by atoms with E-state index < -0.39 is 0 Å². The van der Waals surface area contributed by atoms with Gasteiger partial charge in [0.25, 0.3) is 0 Å². The van der Waals surface area contributed by atoms with Gasteiger partial charge in [-0.2, -0.15) is 0 Å². The van der Waals surface area contributed by atoms with E-state index in [0.29, 0.717) is 11.7 Å². The first-order valence-corrected chi connectivity index (χ1v) is 7.37. The zero-order valence-electron chi connectivity index (χ0n) is 11.2. The lowest BCUT2D eigenvalue weighted by Crippen LogP contribution is -2.25. The Bertz CT molecular complexity index is 449. The molecular weight excluding hydrogens is 220 g/mol. The molecule has 0 saturated heterocycles. The SMILES string of the molecule is CC1CCCC(C(=O)C2CCc3ccccc32)C1. The fourth-order valence-corrected chi connectivity index (χ4v) is 3.83. The van der Waals surface area contributed by atoms with Crippen molar-refractivity contribution in [3.05, 3.63) is 35.4 Å². The lowest BCUT2D eigenvalue weighted by molar-refractivity contribution is -0.125. The van der Waals surface area contributed by atoms with Crippen molar-refractivity contribution >= 4 is 5.78 Å². The third-order valence-electron chi connectivity index (χ3n) is 4.82. The quantitative estimate of drug-likeness (QED) is 0.762. The van der Waals surface area contributed by atoms with Crippen molar-refractivity contribution in [2.24, 2.45) is 11.8 Å². The highest BCUT2D eigenvalue weighted by atomic mass is 16.1. The molecule has 1 fully saturated rings. The normalized spacial score (nSPS) is 31.1. The van der Waals surface area contributed by atoms with Gasteiger partial charge < -0.3 is 0 Å². The molecule has 1 aromatic carbocycles. The molecule has 3 unspecified atom stereocenters. The average Bonchev–Trinajstić information content (AvgIpc) is 2.82. The smallest absolute Gasteiger partial charge is 0.143 e. The summed E-state index contributed by atoms with van der Waals surface area (Å²) in [7, 11) is 0. The molecule has 1 nitrogen and oxygen atoms in total. The number of carbonyl (C=O) groups excluding carboxylic acids is 1. The van der Waals surface area contributed by atoms with Gasteiger partial charge in [-0.3, -0.25) is 4.79 Å². The Morgan fingerprint density at radius 3 is 2.83 bits per heavy atom. The molecule has 96 valence electrons. The van der Waals surface area contributed by atoms with E-state index in [1.165, 1.54) is 24.0 Å². The van der Waals surface area contributed by atoms with Crippen LogP contribution in [0.2, 0.25) is 0 Å². The Hall–Kier alpha value is -1.11. The summed E-state index contributed by atoms with van der Waals surface area (Å²) in [6, 6.07) is 8.52. The molecule has 18 heavy (non-hydrogen) atoms. The van der Waals surface area contributed by atoms with Crippen LogP contribution in [0, 0.1) is 11.8 Å². The third kappa shape index (κ3) is 2.11. The number of Topliss-reactive ketones (excluding diaryl/α,β-unsaturated/α-hetero) is 1. The van der Waals surface area contributed by atoms with Crippen LogP contribution in [-0.4, -0.2) is 5.78 Å². The van der Waals surface area contributed by atoms with Gasteiger partial charge in [0.05, 0.1) is 0 Å². The first-order chi connectivity index (χ1) is 8.75. The predicted molar refractivity (Wildman–Crippen MR) is 73.6 cm³/mol. The van der Waals surface area contributed by atoms with Gasteiger partial charge in [-0.05, 0) is 42.7 Å². The van der Waals surface area contributed by atoms with Gasteiger partial charge in [0, 0.05) is 11.8 Å². The highest BCUT2D eigenvalue weighted by Crippen LogP contribution is 2.39. The number of fused-ring (bicyclic) bond motifs is 1. The molecule has 0 aromatic heterocycles. The zero-order valence-corrected chi connectivity index (χ0v) is 11.2. The number of aryl methyl sites for hydroxylation is 1. The van der Waals surface area contributed by atoms with Gasteiger partial charge >= 0.3 is 0 Å². The van der Waals surface area contributed by atoms with Crippen LogP contribution in [0.3, 0.4) is 0 Å². The molecule has 0 amide bonds. The van der Waals surface area contributed by atoms with Crippen LogP contribution in [0.25, 0.3) is 0 Å². The van der Waals surface area contributed by atoms with E-state index in [4.69, 9.17) is 0 Å². The number of hydrogen-bond donors (Lipinski definition) is 0. The van der Waals surface area contributed by atoms with Crippen LogP contribution in [0.15, 0.2) is 24.3 Å². The van der Waals surface area contributed by atoms with Crippen molar-refractivity contribution in [3.8, 4) is 0 Å². The second-order valence-corrected chi connectivity index (χ2v) is 6.16. The second kappa shape index (κ2) is 4.87. The molecule has 2 aliphatic carbocycles. The Morgan fingerprint density at radius 2 is 2.00 bits per heavy atom. The van der Waals surface area contributed by atoms with Crippen molar-refractivity contribution in [3.63, 3.8) is 0 Å². The Labute approximate surface area is 110 Å². The van der Waals surface area contributed by atoms with Crippen molar-refractivity contribution in [1.29, 1.82) is 0 Å². The van der Waals surface area contributed by atoms with E-state index in [-0.39, 0.29) is 5.92 Å². The van der Waals surface area contributed by atoms with Crippen LogP contribution < -0.4 is 0 Å². The summed E-state index contributed by atoms with van der Waals surface area (Å²) in [5.74, 6) is 1.82. The molecule has 0 heterocycles. The molecule has 0 spiro atoms. The van der Waals surface area contributed by atoms with E-state index in [2.05, 4.69) is 31.2 Å². The van der Waals surface area contributed by atoms with Crippen molar-refractivity contribution < 1.29 is 4.79 Å². The van der Waals surface area contributed by atoms with Crippen LogP contribution in [-0.2, 0) is 11.2 Å². The molecule has 0 N–H and O–H groups in total. The van der Waals surface area contributed by atoms with Crippen LogP contribution in [0.1, 0.15) is 56.1 Å². The molecule has 0 bridgehead atoms. The van der Waals surface area contributed by atoms with E-state index >= 15 is 0 Å². The number of ketones is 1. The number of rotatable bonds is 2. The summed E-state index contributed by atoms with van der Waals surface area (Å²) in [4.78, 5) is 12.7. The summed E-state index contributed by atoms with van der Waals surface area (Å²) in [5.41, 5.74) is 2.72. The highest BCUT2D eigenvalue weighted by molar-refractivity contribution is 5.89. The minimum Gasteiger partial charge on any atom is -0.299 e. The maximum atomic E-state index is 12.7. The summed E-state index contributed by atoms with van der Waals surface area (Å²) >= 11 is 0. The number of carbonyl (C=O) groups is 1. The number of hydrogen-bond acceptors (Lipinski definition) is 1. The summed E-state index contributed by atoms with van der Waals surface area (Å²) < 4.78 is 0. The minimum atomic E-state index is 0.205. The van der Waals surface area contributed by atoms with Gasteiger partial charge in [0.15, 0.2) is 0 Å². The van der Waals surface area contributed by atoms with Crippen LogP contribution >= 0.6 is 0 Å². The zero-order chi connectivity index (χ0) is 12.5. The van der Waals surface area contributed by atoms with E-state index in [1.807, 2.05) is 0 Å². The Morgan fingerprint density at radius 1 is 1.17 bits per heavy atom. The monoisotopic (exact) mass is 242 g/mol. The van der Waals surface area contributed by atoms with Gasteiger partial charge in [-0.1, -0.05) is 44.0 Å². The topological polar surface area (TPSA) is 17.1 Å². The predicted octanol–water partition coefficient (Wildman–Crippen LogP) is 4.11. The molecule has 0 radical (unpaired) electrons. The van der Waals surface area contributed by atoms with Gasteiger partial charge in [0.1, 0.15) is 5.78 Å². The van der Waals surface area contributed by atoms with Crippen LogP contribution in [0.4, 0.5) is 0 Å². The molecule has 3 atom stereocenters. The summed E-state index contributed by atoms with van der Waals surface area (Å²) in [6.45, 7) is 2.29. The van der Waals surface area contributed by atoms with Crippen LogP contribution in [0.5, 0.6) is 0 Å². The molecule has 1 heteroatoms. The maximum absolute atomic E-state index is 12.7. The first kappa shape index (κ1) is 12.0. The van der Waals surface area contributed by atoms with E-state index in [9.17, 15) is 4.79 Å². The third-order valence-corrected chi connectivity index (χ3v) is 4.82. The van der Waals surface area contributed by atoms with Crippen molar-refractivity contribution in [2.45, 2.75) is 51.4 Å². The average molecular weight is 242 g/mol. The largest absolute Gasteiger partial charge is 0.299 e. The summed E-state index contributed by atoms with van der Waals surface area (Å²) in [5, 5.41) is 0. The Kier molecular flexibility index (Phi) is 3.23. The fraction of sp³-hybridized carbons (Fsp3) is 0.588. The van der Waals surface area contributed by atoms with E-state index in [0.717, 1.165) is 31.6 Å². The molecule has 1 saturated carbocycles. The van der Waals surface area contributed by atoms with Gasteiger partial charge in [-0.15, -0.1) is 0 Å².